The van der Waals surface area contributed by atoms with Crippen molar-refractivity contribution >= 4 is 33.2 Å². The van der Waals surface area contributed by atoms with E-state index in [1.54, 1.807) is 6.07 Å². The Balaban J connectivity index is 2.02. The van der Waals surface area contributed by atoms with Gasteiger partial charge in [-0.05, 0) is 42.8 Å². The van der Waals surface area contributed by atoms with E-state index in [0.29, 0.717) is 5.69 Å². The first kappa shape index (κ1) is 17.3. The zero-order valence-corrected chi connectivity index (χ0v) is 13.8. The number of anilines is 2. The molecule has 122 valence electrons. The third kappa shape index (κ3) is 4.72. The van der Waals surface area contributed by atoms with Gasteiger partial charge in [-0.1, -0.05) is 28.1 Å². The van der Waals surface area contributed by atoms with Crippen molar-refractivity contribution in [1.82, 2.24) is 0 Å². The van der Waals surface area contributed by atoms with Gasteiger partial charge < -0.3 is 10.6 Å². The van der Waals surface area contributed by atoms with Crippen LogP contribution in [0.15, 0.2) is 46.9 Å². The largest absolute Gasteiger partial charge is 0.418 e. The second-order valence-corrected chi connectivity index (χ2v) is 5.76. The van der Waals surface area contributed by atoms with Gasteiger partial charge in [0.25, 0.3) is 0 Å². The van der Waals surface area contributed by atoms with E-state index in [9.17, 15) is 18.0 Å². The van der Waals surface area contributed by atoms with E-state index >= 15 is 0 Å². The maximum atomic E-state index is 12.9. The van der Waals surface area contributed by atoms with Crippen LogP contribution in [0.2, 0.25) is 0 Å². The van der Waals surface area contributed by atoms with Gasteiger partial charge in [-0.15, -0.1) is 0 Å². The summed E-state index contributed by atoms with van der Waals surface area (Å²) in [5, 5.41) is 5.16. The predicted molar refractivity (Wildman–Crippen MR) is 87.4 cm³/mol. The molecule has 2 aromatic carbocycles. The van der Waals surface area contributed by atoms with E-state index in [-0.39, 0.29) is 12.2 Å². The molecule has 2 aromatic rings. The molecule has 0 radical (unpaired) electrons. The molecular weight excluding hydrogens is 373 g/mol. The molecule has 0 bridgehead atoms. The van der Waals surface area contributed by atoms with Gasteiger partial charge in [-0.3, -0.25) is 4.79 Å². The molecule has 2 N–H and O–H groups in total. The average Bonchev–Trinajstić information content (AvgIpc) is 2.48. The summed E-state index contributed by atoms with van der Waals surface area (Å²) < 4.78 is 39.5. The molecule has 0 aliphatic rings. The van der Waals surface area contributed by atoms with Crippen molar-refractivity contribution in [1.29, 1.82) is 0 Å². The monoisotopic (exact) mass is 386 g/mol. The van der Waals surface area contributed by atoms with Crippen LogP contribution in [-0.4, -0.2) is 12.5 Å². The first-order valence-electron chi connectivity index (χ1n) is 6.73. The number of halogens is 4. The Morgan fingerprint density at radius 3 is 2.52 bits per heavy atom. The van der Waals surface area contributed by atoms with E-state index in [2.05, 4.69) is 26.6 Å². The van der Waals surface area contributed by atoms with Crippen molar-refractivity contribution in [3.63, 3.8) is 0 Å². The summed E-state index contributed by atoms with van der Waals surface area (Å²) >= 11 is 3.37. The number of para-hydroxylation sites is 1. The number of alkyl halides is 3. The number of nitrogens with one attached hydrogen (secondary N) is 2. The zero-order valence-electron chi connectivity index (χ0n) is 12.2. The lowest BCUT2D eigenvalue weighted by Crippen LogP contribution is -2.23. The lowest BCUT2D eigenvalue weighted by molar-refractivity contribution is -0.137. The maximum Gasteiger partial charge on any atom is 0.418 e. The predicted octanol–water partition coefficient (Wildman–Crippen LogP) is 4.83. The third-order valence-electron chi connectivity index (χ3n) is 3.12. The quantitative estimate of drug-likeness (QED) is 0.790. The van der Waals surface area contributed by atoms with Crippen LogP contribution < -0.4 is 10.6 Å². The lowest BCUT2D eigenvalue weighted by Gasteiger charge is -2.14. The molecule has 0 aliphatic carbocycles. The van der Waals surface area contributed by atoms with Gasteiger partial charge in [0, 0.05) is 10.2 Å². The van der Waals surface area contributed by atoms with Crippen LogP contribution in [-0.2, 0) is 11.0 Å². The molecule has 3 nitrogen and oxygen atoms in total. The number of benzene rings is 2. The molecule has 0 heterocycles. The Kier molecular flexibility index (Phi) is 5.30. The van der Waals surface area contributed by atoms with Crippen LogP contribution in [0.5, 0.6) is 0 Å². The fourth-order valence-electron chi connectivity index (χ4n) is 1.97. The van der Waals surface area contributed by atoms with Crippen molar-refractivity contribution in [3.8, 4) is 0 Å². The van der Waals surface area contributed by atoms with Gasteiger partial charge in [0.15, 0.2) is 0 Å². The van der Waals surface area contributed by atoms with Gasteiger partial charge in [-0.25, -0.2) is 0 Å². The molecule has 0 unspecified atom stereocenters. The molecule has 1 amide bonds. The van der Waals surface area contributed by atoms with Crippen LogP contribution in [0.3, 0.4) is 0 Å². The first-order valence-corrected chi connectivity index (χ1v) is 7.53. The average molecular weight is 387 g/mol. The SMILES string of the molecule is Cc1cc(NCC(=O)Nc2ccccc2C(F)(F)F)ccc1Br. The summed E-state index contributed by atoms with van der Waals surface area (Å²) in [6.45, 7) is 1.77. The van der Waals surface area contributed by atoms with Crippen LogP contribution >= 0.6 is 15.9 Å². The van der Waals surface area contributed by atoms with Crippen LogP contribution in [0.4, 0.5) is 24.5 Å². The minimum atomic E-state index is -4.51. The van der Waals surface area contributed by atoms with E-state index in [0.717, 1.165) is 16.1 Å². The number of aryl methyl sites for hydroxylation is 1. The van der Waals surface area contributed by atoms with Gasteiger partial charge in [0.05, 0.1) is 17.8 Å². The number of carbonyl (C=O) groups is 1. The summed E-state index contributed by atoms with van der Waals surface area (Å²) in [6.07, 6.45) is -4.51. The van der Waals surface area contributed by atoms with Gasteiger partial charge >= 0.3 is 6.18 Å². The highest BCUT2D eigenvalue weighted by molar-refractivity contribution is 9.10. The third-order valence-corrected chi connectivity index (χ3v) is 4.01. The summed E-state index contributed by atoms with van der Waals surface area (Å²) in [6, 6.07) is 10.3. The molecule has 0 saturated carbocycles. The van der Waals surface area contributed by atoms with E-state index < -0.39 is 17.6 Å². The summed E-state index contributed by atoms with van der Waals surface area (Å²) in [4.78, 5) is 11.9. The fraction of sp³-hybridized carbons (Fsp3) is 0.188. The molecule has 0 spiro atoms. The highest BCUT2D eigenvalue weighted by Gasteiger charge is 2.33. The molecule has 0 saturated heterocycles. The minimum absolute atomic E-state index is 0.132. The molecule has 7 heteroatoms. The highest BCUT2D eigenvalue weighted by atomic mass is 79.9. The van der Waals surface area contributed by atoms with Gasteiger partial charge in [0.1, 0.15) is 0 Å². The van der Waals surface area contributed by atoms with Gasteiger partial charge in [0.2, 0.25) is 5.91 Å². The topological polar surface area (TPSA) is 41.1 Å². The molecule has 0 aromatic heterocycles. The van der Waals surface area contributed by atoms with E-state index in [4.69, 9.17) is 0 Å². The molecule has 0 fully saturated rings. The van der Waals surface area contributed by atoms with Gasteiger partial charge in [-0.2, -0.15) is 13.2 Å². The Morgan fingerprint density at radius 2 is 1.87 bits per heavy atom. The number of hydrogen-bond acceptors (Lipinski definition) is 2. The molecular formula is C16H14BrF3N2O. The molecule has 23 heavy (non-hydrogen) atoms. The second-order valence-electron chi connectivity index (χ2n) is 4.91. The van der Waals surface area contributed by atoms with Crippen LogP contribution in [0.1, 0.15) is 11.1 Å². The zero-order chi connectivity index (χ0) is 17.0. The van der Waals surface area contributed by atoms with E-state index in [1.807, 2.05) is 19.1 Å². The number of carbonyl (C=O) groups excluding carboxylic acids is 1. The Hall–Kier alpha value is -2.02. The van der Waals surface area contributed by atoms with Crippen molar-refractivity contribution in [2.75, 3.05) is 17.2 Å². The Morgan fingerprint density at radius 1 is 1.17 bits per heavy atom. The van der Waals surface area contributed by atoms with Crippen molar-refractivity contribution in [2.45, 2.75) is 13.1 Å². The maximum absolute atomic E-state index is 12.9. The smallest absolute Gasteiger partial charge is 0.376 e. The highest BCUT2D eigenvalue weighted by Crippen LogP contribution is 2.34. The summed E-state index contributed by atoms with van der Waals surface area (Å²) in [7, 11) is 0. The number of rotatable bonds is 4. The van der Waals surface area contributed by atoms with Crippen molar-refractivity contribution in [3.05, 3.63) is 58.1 Å². The fourth-order valence-corrected chi connectivity index (χ4v) is 2.22. The minimum Gasteiger partial charge on any atom is -0.376 e. The van der Waals surface area contributed by atoms with Crippen molar-refractivity contribution in [2.24, 2.45) is 0 Å². The first-order chi connectivity index (χ1) is 10.8. The van der Waals surface area contributed by atoms with Crippen molar-refractivity contribution < 1.29 is 18.0 Å². The number of amides is 1. The Bertz CT molecular complexity index is 717. The molecule has 0 aliphatic heterocycles. The number of hydrogen-bond donors (Lipinski definition) is 2. The second kappa shape index (κ2) is 7.04. The molecule has 2 rings (SSSR count). The van der Waals surface area contributed by atoms with Crippen LogP contribution in [0, 0.1) is 6.92 Å². The Labute approximate surface area is 140 Å². The van der Waals surface area contributed by atoms with E-state index in [1.165, 1.54) is 18.2 Å². The lowest BCUT2D eigenvalue weighted by atomic mass is 10.1. The summed E-state index contributed by atoms with van der Waals surface area (Å²) in [5.41, 5.74) is 0.578. The summed E-state index contributed by atoms with van der Waals surface area (Å²) in [5.74, 6) is -0.553. The standard InChI is InChI=1S/C16H14BrF3N2O/c1-10-8-11(6-7-13(10)17)21-9-15(23)22-14-5-3-2-4-12(14)16(18,19)20/h2-8,21H,9H2,1H3,(H,22,23). The normalized spacial score (nSPS) is 11.2. The molecule has 0 atom stereocenters. The van der Waals surface area contributed by atoms with Crippen LogP contribution in [0.25, 0.3) is 0 Å².